The fourth-order valence-electron chi connectivity index (χ4n) is 1.43. The number of hydrogen-bond acceptors (Lipinski definition) is 7. The van der Waals surface area contributed by atoms with Crippen LogP contribution in [0.15, 0.2) is 0 Å². The van der Waals surface area contributed by atoms with Gasteiger partial charge in [-0.3, -0.25) is 19.2 Å². The van der Waals surface area contributed by atoms with Gasteiger partial charge in [-0.25, -0.2) is 4.79 Å². The van der Waals surface area contributed by atoms with E-state index in [2.05, 4.69) is 12.6 Å². The van der Waals surface area contributed by atoms with Crippen LogP contribution in [0.3, 0.4) is 0 Å². The van der Waals surface area contributed by atoms with Gasteiger partial charge in [-0.1, -0.05) is 0 Å². The van der Waals surface area contributed by atoms with E-state index in [0.29, 0.717) is 0 Å². The zero-order valence-electron chi connectivity index (χ0n) is 11.9. The fraction of sp³-hybridized carbons (Fsp3) is 0.545. The number of primary amides is 1. The number of carboxylic acid groups (broad SMARTS) is 2. The molecule has 0 spiro atoms. The monoisotopic (exact) mass is 350 g/mol. The molecule has 23 heavy (non-hydrogen) atoms. The van der Waals surface area contributed by atoms with Crippen LogP contribution in [0.25, 0.3) is 0 Å². The Morgan fingerprint density at radius 2 is 1.48 bits per heavy atom. The number of amides is 3. The zero-order chi connectivity index (χ0) is 18.2. The van der Waals surface area contributed by atoms with Crippen molar-refractivity contribution < 1.29 is 34.2 Å². The predicted octanol–water partition coefficient (Wildman–Crippen LogP) is -3.35. The summed E-state index contributed by atoms with van der Waals surface area (Å²) in [4.78, 5) is 55.9. The molecule has 0 aliphatic rings. The number of carbonyl (C=O) groups excluding carboxylic acids is 3. The molecule has 0 bridgehead atoms. The van der Waals surface area contributed by atoms with Crippen LogP contribution in [0.1, 0.15) is 12.8 Å². The minimum absolute atomic E-state index is 0.240. The molecule has 3 atom stereocenters. The van der Waals surface area contributed by atoms with Gasteiger partial charge in [-0.2, -0.15) is 12.6 Å². The second-order valence-electron chi connectivity index (χ2n) is 4.52. The topological polar surface area (TPSA) is 202 Å². The number of nitrogens with one attached hydrogen (secondary N) is 2. The Bertz CT molecular complexity index is 499. The fourth-order valence-corrected chi connectivity index (χ4v) is 1.68. The van der Waals surface area contributed by atoms with Crippen molar-refractivity contribution in [3.05, 3.63) is 0 Å². The average molecular weight is 350 g/mol. The minimum Gasteiger partial charge on any atom is -0.481 e. The zero-order valence-corrected chi connectivity index (χ0v) is 12.8. The van der Waals surface area contributed by atoms with E-state index in [1.165, 1.54) is 0 Å². The van der Waals surface area contributed by atoms with E-state index in [1.54, 1.807) is 0 Å². The smallest absolute Gasteiger partial charge is 0.327 e. The molecule has 0 aromatic carbocycles. The molecule has 0 saturated carbocycles. The van der Waals surface area contributed by atoms with E-state index >= 15 is 0 Å². The molecule has 0 saturated heterocycles. The number of aliphatic carboxylic acids is 2. The number of hydrogen-bond donors (Lipinski definition) is 7. The van der Waals surface area contributed by atoms with E-state index in [0.717, 1.165) is 0 Å². The summed E-state index contributed by atoms with van der Waals surface area (Å²) in [7, 11) is 0. The lowest BCUT2D eigenvalue weighted by Gasteiger charge is -2.21. The molecule has 0 radical (unpaired) electrons. The van der Waals surface area contributed by atoms with Gasteiger partial charge in [0.1, 0.15) is 12.1 Å². The van der Waals surface area contributed by atoms with Gasteiger partial charge in [0.2, 0.25) is 17.7 Å². The third kappa shape index (κ3) is 8.01. The summed E-state index contributed by atoms with van der Waals surface area (Å²) >= 11 is 3.74. The number of carbonyl (C=O) groups is 5. The minimum atomic E-state index is -1.57. The predicted molar refractivity (Wildman–Crippen MR) is 79.4 cm³/mol. The third-order valence-electron chi connectivity index (χ3n) is 2.57. The molecule has 0 aromatic heterocycles. The lowest BCUT2D eigenvalue weighted by Crippen LogP contribution is -2.55. The Hall–Kier alpha value is -2.34. The molecule has 0 heterocycles. The summed E-state index contributed by atoms with van der Waals surface area (Å²) in [6.07, 6.45) is -1.30. The number of nitrogens with two attached hydrogens (primary N) is 2. The highest BCUT2D eigenvalue weighted by Gasteiger charge is 2.29. The van der Waals surface area contributed by atoms with Gasteiger partial charge in [0, 0.05) is 5.75 Å². The Balaban J connectivity index is 4.96. The van der Waals surface area contributed by atoms with E-state index in [-0.39, 0.29) is 5.75 Å². The first kappa shape index (κ1) is 20.7. The van der Waals surface area contributed by atoms with Crippen LogP contribution < -0.4 is 22.1 Å². The SMILES string of the molecule is NC(=O)CC(N)C(=O)NC(CC(=O)O)C(=O)NC(CS)C(=O)O. The van der Waals surface area contributed by atoms with Gasteiger partial charge in [-0.15, -0.1) is 0 Å². The van der Waals surface area contributed by atoms with Gasteiger partial charge in [0.25, 0.3) is 0 Å². The van der Waals surface area contributed by atoms with Crippen LogP contribution >= 0.6 is 12.6 Å². The molecule has 8 N–H and O–H groups in total. The van der Waals surface area contributed by atoms with Gasteiger partial charge in [0.15, 0.2) is 0 Å². The van der Waals surface area contributed by atoms with Crippen LogP contribution in [0, 0.1) is 0 Å². The molecule has 0 aliphatic carbocycles. The van der Waals surface area contributed by atoms with Crippen LogP contribution in [-0.4, -0.2) is 63.8 Å². The molecule has 0 rings (SSSR count). The van der Waals surface area contributed by atoms with Crippen LogP contribution in [0.2, 0.25) is 0 Å². The first-order chi connectivity index (χ1) is 10.6. The third-order valence-corrected chi connectivity index (χ3v) is 2.93. The molecule has 0 fully saturated rings. The van der Waals surface area contributed by atoms with Gasteiger partial charge in [0.05, 0.1) is 18.9 Å². The molecule has 130 valence electrons. The largest absolute Gasteiger partial charge is 0.481 e. The number of carboxylic acids is 2. The first-order valence-electron chi connectivity index (χ1n) is 6.28. The summed E-state index contributed by atoms with van der Waals surface area (Å²) < 4.78 is 0. The van der Waals surface area contributed by atoms with Crippen molar-refractivity contribution >= 4 is 42.3 Å². The van der Waals surface area contributed by atoms with Crippen LogP contribution in [-0.2, 0) is 24.0 Å². The maximum atomic E-state index is 11.9. The van der Waals surface area contributed by atoms with E-state index < -0.39 is 60.6 Å². The molecule has 3 unspecified atom stereocenters. The average Bonchev–Trinajstić information content (AvgIpc) is 2.41. The van der Waals surface area contributed by atoms with Crippen molar-refractivity contribution in [2.24, 2.45) is 11.5 Å². The second-order valence-corrected chi connectivity index (χ2v) is 4.88. The lowest BCUT2D eigenvalue weighted by molar-refractivity contribution is -0.143. The molecule has 0 aliphatic heterocycles. The number of thiol groups is 1. The van der Waals surface area contributed by atoms with Crippen molar-refractivity contribution in [2.75, 3.05) is 5.75 Å². The second kappa shape index (κ2) is 9.63. The highest BCUT2D eigenvalue weighted by Crippen LogP contribution is 1.98. The Morgan fingerprint density at radius 1 is 0.957 bits per heavy atom. The van der Waals surface area contributed by atoms with E-state index in [1.807, 2.05) is 10.6 Å². The van der Waals surface area contributed by atoms with Crippen molar-refractivity contribution in [1.29, 1.82) is 0 Å². The highest BCUT2D eigenvalue weighted by atomic mass is 32.1. The Kier molecular flexibility index (Phi) is 8.65. The Morgan fingerprint density at radius 3 is 1.87 bits per heavy atom. The molecular weight excluding hydrogens is 332 g/mol. The Labute approximate surface area is 136 Å². The molecule has 11 nitrogen and oxygen atoms in total. The van der Waals surface area contributed by atoms with E-state index in [4.69, 9.17) is 21.7 Å². The summed E-state index contributed by atoms with van der Waals surface area (Å²) in [6.45, 7) is 0. The summed E-state index contributed by atoms with van der Waals surface area (Å²) in [6, 6.07) is -4.30. The van der Waals surface area contributed by atoms with Crippen LogP contribution in [0.5, 0.6) is 0 Å². The normalized spacial score (nSPS) is 14.2. The molecule has 0 aromatic rings. The summed E-state index contributed by atoms with van der Waals surface area (Å²) in [5.74, 6) is -5.88. The van der Waals surface area contributed by atoms with Crippen LogP contribution in [0.4, 0.5) is 0 Å². The number of rotatable bonds is 10. The van der Waals surface area contributed by atoms with Gasteiger partial charge in [-0.05, 0) is 0 Å². The first-order valence-corrected chi connectivity index (χ1v) is 6.91. The molecular formula is C11H18N4O7S. The molecule has 12 heteroatoms. The van der Waals surface area contributed by atoms with Crippen molar-refractivity contribution in [3.63, 3.8) is 0 Å². The summed E-state index contributed by atoms with van der Waals surface area (Å²) in [5, 5.41) is 21.6. The lowest BCUT2D eigenvalue weighted by atomic mass is 10.1. The highest BCUT2D eigenvalue weighted by molar-refractivity contribution is 7.80. The van der Waals surface area contributed by atoms with Gasteiger partial charge >= 0.3 is 11.9 Å². The standard InChI is InChI=1S/C11H18N4O7S/c12-4(1-7(13)16)9(19)14-5(2-8(17)18)10(20)15-6(3-23)11(21)22/h4-6,23H,1-3,12H2,(H2,13,16)(H,14,19)(H,15,20)(H,17,18)(H,21,22). The van der Waals surface area contributed by atoms with Crippen molar-refractivity contribution in [1.82, 2.24) is 10.6 Å². The van der Waals surface area contributed by atoms with E-state index in [9.17, 15) is 24.0 Å². The van der Waals surface area contributed by atoms with Crippen molar-refractivity contribution in [3.8, 4) is 0 Å². The maximum Gasteiger partial charge on any atom is 0.327 e. The maximum absolute atomic E-state index is 11.9. The molecule has 3 amide bonds. The summed E-state index contributed by atoms with van der Waals surface area (Å²) in [5.41, 5.74) is 10.2. The quantitative estimate of drug-likeness (QED) is 0.198. The van der Waals surface area contributed by atoms with Crippen molar-refractivity contribution in [2.45, 2.75) is 31.0 Å². The van der Waals surface area contributed by atoms with Gasteiger partial charge < -0.3 is 32.3 Å².